The molecule has 188 valence electrons. The van der Waals surface area contributed by atoms with Gasteiger partial charge in [0.25, 0.3) is 0 Å². The van der Waals surface area contributed by atoms with Crippen LogP contribution in [0.2, 0.25) is 0 Å². The predicted molar refractivity (Wildman–Crippen MR) is 141 cm³/mol. The van der Waals surface area contributed by atoms with Crippen LogP contribution >= 0.6 is 0 Å². The van der Waals surface area contributed by atoms with Crippen molar-refractivity contribution in [2.24, 2.45) is 0 Å². The Morgan fingerprint density at radius 1 is 0.919 bits per heavy atom. The van der Waals surface area contributed by atoms with Crippen molar-refractivity contribution in [2.45, 2.75) is 24.9 Å². The normalized spacial score (nSPS) is 19.1. The molecule has 0 aliphatic carbocycles. The van der Waals surface area contributed by atoms with Crippen molar-refractivity contribution in [3.63, 3.8) is 0 Å². The number of nitrogens with zero attached hydrogens (tertiary/aromatic N) is 2. The Bertz CT molecular complexity index is 1480. The molecule has 7 heteroatoms. The van der Waals surface area contributed by atoms with Gasteiger partial charge in [0.1, 0.15) is 6.04 Å². The number of fused-ring (bicyclic) bond motifs is 4. The number of carbonyl (C=O) groups excluding carboxylic acids is 2. The standard InChI is InChI=1S/C30H29N3O4/c1-36-25-13-12-19(16-26(25)37-2)14-15-32-18-27(34)33-24(30(32)35)17-22-21-10-6-7-11-23(21)31-28(22)29(33)20-8-4-3-5-9-20/h3-13,16,24,29,31H,14-15,17-18H2,1-2H3/t24-,29+/m0/s1. The highest BCUT2D eigenvalue weighted by atomic mass is 16.5. The Morgan fingerprint density at radius 2 is 1.68 bits per heavy atom. The first-order valence-electron chi connectivity index (χ1n) is 12.5. The number of aromatic amines is 1. The molecule has 2 amide bonds. The SMILES string of the molecule is COc1ccc(CCN2CC(=O)N3[C@H](c4ccccc4)c4[nH]c5ccccc5c4C[C@H]3C2=O)cc1OC. The molecular weight excluding hydrogens is 466 g/mol. The Morgan fingerprint density at radius 3 is 2.46 bits per heavy atom. The summed E-state index contributed by atoms with van der Waals surface area (Å²) in [6, 6.07) is 23.0. The average Bonchev–Trinajstić information content (AvgIpc) is 3.31. The minimum Gasteiger partial charge on any atom is -0.493 e. The number of hydrogen-bond donors (Lipinski definition) is 1. The van der Waals surface area contributed by atoms with Crippen LogP contribution in [0.15, 0.2) is 72.8 Å². The minimum absolute atomic E-state index is 0.00283. The molecule has 7 nitrogen and oxygen atoms in total. The number of H-pyrrole nitrogens is 1. The predicted octanol–water partition coefficient (Wildman–Crippen LogP) is 4.11. The smallest absolute Gasteiger partial charge is 0.246 e. The van der Waals surface area contributed by atoms with Crippen molar-refractivity contribution < 1.29 is 19.1 Å². The van der Waals surface area contributed by atoms with Crippen LogP contribution in [0.3, 0.4) is 0 Å². The zero-order chi connectivity index (χ0) is 25.5. The quantitative estimate of drug-likeness (QED) is 0.437. The third kappa shape index (κ3) is 3.91. The number of amides is 2. The molecule has 4 aromatic rings. The van der Waals surface area contributed by atoms with Gasteiger partial charge >= 0.3 is 0 Å². The summed E-state index contributed by atoms with van der Waals surface area (Å²) in [6.07, 6.45) is 1.12. The molecule has 0 unspecified atom stereocenters. The summed E-state index contributed by atoms with van der Waals surface area (Å²) >= 11 is 0. The van der Waals surface area contributed by atoms with Crippen LogP contribution in [0.1, 0.15) is 28.4 Å². The molecule has 6 rings (SSSR count). The second-order valence-electron chi connectivity index (χ2n) is 9.60. The lowest BCUT2D eigenvalue weighted by Crippen LogP contribution is -2.63. The zero-order valence-corrected chi connectivity index (χ0v) is 20.9. The highest BCUT2D eigenvalue weighted by molar-refractivity contribution is 5.97. The van der Waals surface area contributed by atoms with E-state index in [1.54, 1.807) is 19.1 Å². The maximum Gasteiger partial charge on any atom is 0.246 e. The number of methoxy groups -OCH3 is 2. The summed E-state index contributed by atoms with van der Waals surface area (Å²) in [6.45, 7) is 0.530. The zero-order valence-electron chi connectivity index (χ0n) is 20.9. The van der Waals surface area contributed by atoms with E-state index in [0.717, 1.165) is 33.3 Å². The fourth-order valence-corrected chi connectivity index (χ4v) is 5.79. The highest BCUT2D eigenvalue weighted by Crippen LogP contribution is 2.42. The van der Waals surface area contributed by atoms with Gasteiger partial charge in [-0.1, -0.05) is 54.6 Å². The fraction of sp³-hybridized carbons (Fsp3) is 0.267. The second kappa shape index (κ2) is 9.32. The molecule has 2 aliphatic rings. The third-order valence-corrected chi connectivity index (χ3v) is 7.58. The first-order valence-corrected chi connectivity index (χ1v) is 12.5. The number of piperazine rings is 1. The summed E-state index contributed by atoms with van der Waals surface area (Å²) in [5.41, 5.74) is 5.17. The van der Waals surface area contributed by atoms with Gasteiger partial charge in [0.2, 0.25) is 11.8 Å². The number of aromatic nitrogens is 1. The van der Waals surface area contributed by atoms with Crippen molar-refractivity contribution in [3.8, 4) is 11.5 Å². The molecule has 0 bridgehead atoms. The van der Waals surface area contributed by atoms with Gasteiger partial charge in [0.15, 0.2) is 11.5 Å². The molecule has 3 aromatic carbocycles. The number of hydrogen-bond acceptors (Lipinski definition) is 4. The molecule has 1 N–H and O–H groups in total. The number of rotatable bonds is 6. The van der Waals surface area contributed by atoms with Gasteiger partial charge in [-0.2, -0.15) is 0 Å². The Kier molecular flexibility index (Phi) is 5.83. The van der Waals surface area contributed by atoms with Crippen LogP contribution in [0.5, 0.6) is 11.5 Å². The van der Waals surface area contributed by atoms with Crippen molar-refractivity contribution in [1.82, 2.24) is 14.8 Å². The fourth-order valence-electron chi connectivity index (χ4n) is 5.79. The number of para-hydroxylation sites is 1. The maximum absolute atomic E-state index is 13.9. The molecule has 3 heterocycles. The Labute approximate surface area is 215 Å². The number of benzene rings is 3. The number of nitrogens with one attached hydrogen (secondary N) is 1. The molecule has 0 radical (unpaired) electrons. The van der Waals surface area contributed by atoms with Gasteiger partial charge in [0.05, 0.1) is 26.8 Å². The van der Waals surface area contributed by atoms with E-state index in [2.05, 4.69) is 11.1 Å². The van der Waals surface area contributed by atoms with Crippen molar-refractivity contribution in [1.29, 1.82) is 0 Å². The van der Waals surface area contributed by atoms with E-state index in [1.807, 2.05) is 71.6 Å². The third-order valence-electron chi connectivity index (χ3n) is 7.58. The summed E-state index contributed by atoms with van der Waals surface area (Å²) < 4.78 is 10.8. The van der Waals surface area contributed by atoms with Crippen LogP contribution in [-0.2, 0) is 22.4 Å². The highest BCUT2D eigenvalue weighted by Gasteiger charge is 2.48. The molecule has 37 heavy (non-hydrogen) atoms. The topological polar surface area (TPSA) is 74.9 Å². The largest absolute Gasteiger partial charge is 0.493 e. The van der Waals surface area contributed by atoms with E-state index in [4.69, 9.17) is 9.47 Å². The minimum atomic E-state index is -0.538. The van der Waals surface area contributed by atoms with Crippen LogP contribution in [0, 0.1) is 0 Å². The molecule has 0 spiro atoms. The Hall–Kier alpha value is -4.26. The van der Waals surface area contributed by atoms with Crippen molar-refractivity contribution in [3.05, 3.63) is 95.2 Å². The first-order chi connectivity index (χ1) is 18.1. The van der Waals surface area contributed by atoms with E-state index in [-0.39, 0.29) is 24.4 Å². The maximum atomic E-state index is 13.9. The van der Waals surface area contributed by atoms with Crippen LogP contribution in [-0.4, -0.2) is 59.9 Å². The molecule has 2 aliphatic heterocycles. The van der Waals surface area contributed by atoms with E-state index >= 15 is 0 Å². The van der Waals surface area contributed by atoms with Gasteiger partial charge in [0, 0.05) is 29.6 Å². The summed E-state index contributed by atoms with van der Waals surface area (Å²) in [5.74, 6) is 1.28. The van der Waals surface area contributed by atoms with Crippen LogP contribution in [0.4, 0.5) is 0 Å². The molecule has 1 aromatic heterocycles. The number of ether oxygens (including phenoxy) is 2. The number of carbonyl (C=O) groups is 2. The van der Waals surface area contributed by atoms with Crippen LogP contribution < -0.4 is 9.47 Å². The lowest BCUT2D eigenvalue weighted by atomic mass is 9.86. The average molecular weight is 496 g/mol. The monoisotopic (exact) mass is 495 g/mol. The first kappa shape index (κ1) is 23.2. The van der Waals surface area contributed by atoms with Gasteiger partial charge in [-0.15, -0.1) is 0 Å². The van der Waals surface area contributed by atoms with E-state index in [9.17, 15) is 9.59 Å². The summed E-state index contributed by atoms with van der Waals surface area (Å²) in [5, 5.41) is 1.11. The molecule has 2 atom stereocenters. The van der Waals surface area contributed by atoms with E-state index in [1.165, 1.54) is 0 Å². The summed E-state index contributed by atoms with van der Waals surface area (Å²) in [7, 11) is 3.21. The van der Waals surface area contributed by atoms with Crippen molar-refractivity contribution in [2.75, 3.05) is 27.3 Å². The molecule has 1 fully saturated rings. The molecule has 1 saturated heterocycles. The van der Waals surface area contributed by atoms with Crippen molar-refractivity contribution >= 4 is 22.7 Å². The van der Waals surface area contributed by atoms with Gasteiger partial charge in [-0.05, 0) is 41.3 Å². The van der Waals surface area contributed by atoms with Gasteiger partial charge < -0.3 is 24.3 Å². The van der Waals surface area contributed by atoms with Gasteiger partial charge in [-0.3, -0.25) is 9.59 Å². The van der Waals surface area contributed by atoms with E-state index < -0.39 is 6.04 Å². The molecule has 0 saturated carbocycles. The van der Waals surface area contributed by atoms with E-state index in [0.29, 0.717) is 30.9 Å². The Balaban J connectivity index is 1.33. The summed E-state index contributed by atoms with van der Waals surface area (Å²) in [4.78, 5) is 34.6. The lowest BCUT2D eigenvalue weighted by molar-refractivity contribution is -0.158. The van der Waals surface area contributed by atoms with Crippen LogP contribution in [0.25, 0.3) is 10.9 Å². The molecular formula is C30H29N3O4. The lowest BCUT2D eigenvalue weighted by Gasteiger charge is -2.47. The second-order valence-corrected chi connectivity index (χ2v) is 9.60. The van der Waals surface area contributed by atoms with Gasteiger partial charge in [-0.25, -0.2) is 0 Å².